The zero-order valence-electron chi connectivity index (χ0n) is 12.4. The summed E-state index contributed by atoms with van der Waals surface area (Å²) in [6.07, 6.45) is 0. The summed E-state index contributed by atoms with van der Waals surface area (Å²) in [6, 6.07) is 12.4. The third-order valence-electron chi connectivity index (χ3n) is 3.33. The summed E-state index contributed by atoms with van der Waals surface area (Å²) in [4.78, 5) is 23.9. The summed E-state index contributed by atoms with van der Waals surface area (Å²) < 4.78 is 0. The predicted molar refractivity (Wildman–Crippen MR) is 88.3 cm³/mol. The molecule has 0 aliphatic heterocycles. The lowest BCUT2D eigenvalue weighted by Crippen LogP contribution is -2.32. The van der Waals surface area contributed by atoms with Gasteiger partial charge in [0.2, 0.25) is 5.91 Å². The molecule has 0 spiro atoms. The normalized spacial score (nSPS) is 10.1. The van der Waals surface area contributed by atoms with Crippen LogP contribution in [0, 0.1) is 13.8 Å². The van der Waals surface area contributed by atoms with E-state index in [-0.39, 0.29) is 18.4 Å². The fourth-order valence-corrected chi connectivity index (χ4v) is 2.09. The summed E-state index contributed by atoms with van der Waals surface area (Å²) >= 11 is 5.96. The Kier molecular flexibility index (Phi) is 5.17. The van der Waals surface area contributed by atoms with Crippen molar-refractivity contribution >= 4 is 29.1 Å². The van der Waals surface area contributed by atoms with E-state index < -0.39 is 0 Å². The van der Waals surface area contributed by atoms with Gasteiger partial charge in [0.1, 0.15) is 0 Å². The first-order valence-electron chi connectivity index (χ1n) is 6.87. The van der Waals surface area contributed by atoms with Crippen LogP contribution in [0.1, 0.15) is 21.5 Å². The van der Waals surface area contributed by atoms with Crippen LogP contribution in [0.15, 0.2) is 42.5 Å². The molecule has 0 fully saturated rings. The summed E-state index contributed by atoms with van der Waals surface area (Å²) in [5.41, 5.74) is 3.21. The molecule has 0 aromatic heterocycles. The molecule has 5 heteroatoms. The van der Waals surface area contributed by atoms with Crippen molar-refractivity contribution in [2.75, 3.05) is 11.9 Å². The van der Waals surface area contributed by atoms with Crippen LogP contribution in [0.25, 0.3) is 0 Å². The Hall–Kier alpha value is -2.33. The highest BCUT2D eigenvalue weighted by Crippen LogP contribution is 2.20. The third-order valence-corrected chi connectivity index (χ3v) is 3.66. The van der Waals surface area contributed by atoms with Crippen molar-refractivity contribution in [3.8, 4) is 0 Å². The van der Waals surface area contributed by atoms with E-state index in [0.717, 1.165) is 11.1 Å². The summed E-state index contributed by atoms with van der Waals surface area (Å²) in [7, 11) is 0. The van der Waals surface area contributed by atoms with Crippen molar-refractivity contribution < 1.29 is 9.59 Å². The van der Waals surface area contributed by atoms with E-state index in [0.29, 0.717) is 16.3 Å². The summed E-state index contributed by atoms with van der Waals surface area (Å²) in [6.45, 7) is 3.81. The monoisotopic (exact) mass is 316 g/mol. The van der Waals surface area contributed by atoms with Crippen LogP contribution < -0.4 is 10.6 Å². The highest BCUT2D eigenvalue weighted by molar-refractivity contribution is 6.33. The Labute approximate surface area is 134 Å². The van der Waals surface area contributed by atoms with Gasteiger partial charge in [-0.05, 0) is 49.2 Å². The van der Waals surface area contributed by atoms with Gasteiger partial charge in [0, 0.05) is 5.56 Å². The van der Waals surface area contributed by atoms with Gasteiger partial charge in [0.05, 0.1) is 17.3 Å². The molecular weight excluding hydrogens is 300 g/mol. The van der Waals surface area contributed by atoms with Gasteiger partial charge >= 0.3 is 0 Å². The van der Waals surface area contributed by atoms with Crippen LogP contribution in [0.5, 0.6) is 0 Å². The molecule has 0 atom stereocenters. The Morgan fingerprint density at radius 2 is 1.77 bits per heavy atom. The topological polar surface area (TPSA) is 58.2 Å². The van der Waals surface area contributed by atoms with Crippen LogP contribution in [0.4, 0.5) is 5.69 Å². The van der Waals surface area contributed by atoms with Crippen molar-refractivity contribution in [1.82, 2.24) is 5.32 Å². The number of aryl methyl sites for hydroxylation is 2. The molecule has 0 unspecified atom stereocenters. The third kappa shape index (κ3) is 4.09. The van der Waals surface area contributed by atoms with Gasteiger partial charge in [0.15, 0.2) is 0 Å². The van der Waals surface area contributed by atoms with E-state index in [4.69, 9.17) is 11.6 Å². The number of hydrogen-bond donors (Lipinski definition) is 2. The molecule has 0 heterocycles. The van der Waals surface area contributed by atoms with Crippen LogP contribution in [0.2, 0.25) is 5.02 Å². The maximum atomic E-state index is 12.0. The average Bonchev–Trinajstić information content (AvgIpc) is 2.50. The first kappa shape index (κ1) is 16.0. The van der Waals surface area contributed by atoms with E-state index in [1.54, 1.807) is 36.4 Å². The lowest BCUT2D eigenvalue weighted by molar-refractivity contribution is -0.115. The first-order valence-corrected chi connectivity index (χ1v) is 7.25. The second-order valence-corrected chi connectivity index (χ2v) is 5.42. The number of carbonyl (C=O) groups is 2. The molecule has 114 valence electrons. The molecule has 0 saturated heterocycles. The molecule has 2 aromatic rings. The number of amides is 2. The number of hydrogen-bond acceptors (Lipinski definition) is 2. The molecule has 2 N–H and O–H groups in total. The highest BCUT2D eigenvalue weighted by atomic mass is 35.5. The fraction of sp³-hybridized carbons (Fsp3) is 0.176. The zero-order chi connectivity index (χ0) is 16.1. The second kappa shape index (κ2) is 7.09. The van der Waals surface area contributed by atoms with Crippen LogP contribution >= 0.6 is 11.6 Å². The van der Waals surface area contributed by atoms with Crippen LogP contribution in [0.3, 0.4) is 0 Å². The molecule has 0 aliphatic rings. The van der Waals surface area contributed by atoms with E-state index in [2.05, 4.69) is 10.6 Å². The Morgan fingerprint density at radius 3 is 2.45 bits per heavy atom. The molecule has 0 aliphatic carbocycles. The fourth-order valence-electron chi connectivity index (χ4n) is 1.90. The van der Waals surface area contributed by atoms with E-state index in [1.807, 2.05) is 19.9 Å². The quantitative estimate of drug-likeness (QED) is 0.909. The first-order chi connectivity index (χ1) is 10.5. The minimum Gasteiger partial charge on any atom is -0.343 e. The standard InChI is InChI=1S/C17H17ClN2O2/c1-11-7-8-13(9-12(11)2)17(22)19-10-16(21)20-15-6-4-3-5-14(15)18/h3-9H,10H2,1-2H3,(H,19,22)(H,20,21). The molecule has 0 radical (unpaired) electrons. The SMILES string of the molecule is Cc1ccc(C(=O)NCC(=O)Nc2ccccc2Cl)cc1C. The Bertz CT molecular complexity index is 714. The van der Waals surface area contributed by atoms with Gasteiger partial charge in [0.25, 0.3) is 5.91 Å². The van der Waals surface area contributed by atoms with E-state index >= 15 is 0 Å². The van der Waals surface area contributed by atoms with E-state index in [9.17, 15) is 9.59 Å². The molecule has 22 heavy (non-hydrogen) atoms. The number of nitrogens with one attached hydrogen (secondary N) is 2. The molecule has 2 rings (SSSR count). The van der Waals surface area contributed by atoms with Crippen molar-refractivity contribution in [2.45, 2.75) is 13.8 Å². The minimum atomic E-state index is -0.328. The van der Waals surface area contributed by atoms with Gasteiger partial charge in [-0.25, -0.2) is 0 Å². The lowest BCUT2D eigenvalue weighted by atomic mass is 10.1. The number of para-hydroxylation sites is 1. The summed E-state index contributed by atoms with van der Waals surface area (Å²) in [5, 5.41) is 5.70. The van der Waals surface area contributed by atoms with Gasteiger partial charge in [-0.2, -0.15) is 0 Å². The largest absolute Gasteiger partial charge is 0.343 e. The predicted octanol–water partition coefficient (Wildman–Crippen LogP) is 3.33. The van der Waals surface area contributed by atoms with Gasteiger partial charge < -0.3 is 10.6 Å². The lowest BCUT2D eigenvalue weighted by Gasteiger charge is -2.09. The maximum absolute atomic E-state index is 12.0. The minimum absolute atomic E-state index is 0.114. The van der Waals surface area contributed by atoms with Crippen molar-refractivity contribution in [1.29, 1.82) is 0 Å². The smallest absolute Gasteiger partial charge is 0.251 e. The molecular formula is C17H17ClN2O2. The van der Waals surface area contributed by atoms with Gasteiger partial charge in [-0.15, -0.1) is 0 Å². The average molecular weight is 317 g/mol. The number of rotatable bonds is 4. The van der Waals surface area contributed by atoms with Gasteiger partial charge in [-0.3, -0.25) is 9.59 Å². The van der Waals surface area contributed by atoms with Crippen LogP contribution in [-0.2, 0) is 4.79 Å². The molecule has 2 amide bonds. The number of carbonyl (C=O) groups excluding carboxylic acids is 2. The molecule has 2 aromatic carbocycles. The second-order valence-electron chi connectivity index (χ2n) is 5.01. The Balaban J connectivity index is 1.92. The van der Waals surface area contributed by atoms with E-state index in [1.165, 1.54) is 0 Å². The zero-order valence-corrected chi connectivity index (χ0v) is 13.2. The highest BCUT2D eigenvalue weighted by Gasteiger charge is 2.10. The number of benzene rings is 2. The van der Waals surface area contributed by atoms with Crippen LogP contribution in [-0.4, -0.2) is 18.4 Å². The number of anilines is 1. The van der Waals surface area contributed by atoms with Crippen molar-refractivity contribution in [3.63, 3.8) is 0 Å². The maximum Gasteiger partial charge on any atom is 0.251 e. The Morgan fingerprint density at radius 1 is 1.05 bits per heavy atom. The molecule has 4 nitrogen and oxygen atoms in total. The molecule has 0 saturated carbocycles. The molecule has 0 bridgehead atoms. The van der Waals surface area contributed by atoms with Crippen molar-refractivity contribution in [2.24, 2.45) is 0 Å². The van der Waals surface area contributed by atoms with Gasteiger partial charge in [-0.1, -0.05) is 29.8 Å². The summed E-state index contributed by atoms with van der Waals surface area (Å²) in [5.74, 6) is -0.609. The number of halogens is 1. The van der Waals surface area contributed by atoms with Crippen molar-refractivity contribution in [3.05, 3.63) is 64.2 Å².